The van der Waals surface area contributed by atoms with Gasteiger partial charge in [-0.25, -0.2) is 4.68 Å². The lowest BCUT2D eigenvalue weighted by molar-refractivity contribution is 0.0848. The first-order valence-electron chi connectivity index (χ1n) is 8.16. The van der Waals surface area contributed by atoms with Crippen molar-refractivity contribution in [1.29, 1.82) is 0 Å². The summed E-state index contributed by atoms with van der Waals surface area (Å²) in [5.74, 6) is -0.0306. The molecule has 2 heterocycles. The van der Waals surface area contributed by atoms with Gasteiger partial charge in [-0.05, 0) is 43.0 Å². The van der Waals surface area contributed by atoms with Crippen molar-refractivity contribution in [3.05, 3.63) is 40.0 Å². The predicted octanol–water partition coefficient (Wildman–Crippen LogP) is 2.21. The molecule has 4 rings (SSSR count). The van der Waals surface area contributed by atoms with Crippen LogP contribution in [0.25, 0.3) is 0 Å². The first-order valence-corrected chi connectivity index (χ1v) is 8.54. The second kappa shape index (κ2) is 5.79. The molecule has 0 saturated carbocycles. The van der Waals surface area contributed by atoms with E-state index in [9.17, 15) is 9.90 Å². The van der Waals surface area contributed by atoms with Crippen molar-refractivity contribution >= 4 is 29.0 Å². The average Bonchev–Trinajstić information content (AvgIpc) is 2.90. The van der Waals surface area contributed by atoms with Gasteiger partial charge in [-0.15, -0.1) is 5.10 Å². The van der Waals surface area contributed by atoms with Crippen LogP contribution >= 0.6 is 11.6 Å². The van der Waals surface area contributed by atoms with Crippen LogP contribution in [0, 0.1) is 0 Å². The summed E-state index contributed by atoms with van der Waals surface area (Å²) in [6.07, 6.45) is 1.97. The Labute approximate surface area is 144 Å². The summed E-state index contributed by atoms with van der Waals surface area (Å²) >= 11 is 6.12. The number of anilines is 2. The van der Waals surface area contributed by atoms with Crippen LogP contribution in [0.5, 0.6) is 0 Å². The van der Waals surface area contributed by atoms with E-state index in [2.05, 4.69) is 10.4 Å². The van der Waals surface area contributed by atoms with Crippen molar-refractivity contribution in [3.63, 3.8) is 0 Å². The Morgan fingerprint density at radius 2 is 2.25 bits per heavy atom. The van der Waals surface area contributed by atoms with E-state index >= 15 is 0 Å². The highest BCUT2D eigenvalue weighted by Crippen LogP contribution is 2.36. The fourth-order valence-corrected chi connectivity index (χ4v) is 3.88. The number of hydrogen-bond acceptors (Lipinski definition) is 5. The minimum Gasteiger partial charge on any atom is -0.393 e. The molecule has 6 nitrogen and oxygen atoms in total. The van der Waals surface area contributed by atoms with Crippen LogP contribution in [0.1, 0.15) is 40.4 Å². The molecule has 1 aliphatic carbocycles. The molecule has 2 aromatic rings. The van der Waals surface area contributed by atoms with Gasteiger partial charge in [-0.1, -0.05) is 11.6 Å². The molecule has 126 valence electrons. The van der Waals surface area contributed by atoms with Crippen LogP contribution < -0.4 is 11.1 Å². The number of fused-ring (bicyclic) bond motifs is 2. The van der Waals surface area contributed by atoms with Crippen LogP contribution in [-0.2, 0) is 12.8 Å². The third kappa shape index (κ3) is 2.46. The SMILES string of the molecule is Nc1nn(C(=O)C2CCNc3ccc(Cl)cc32)c2c1C[C@@H](O)CC2. The lowest BCUT2D eigenvalue weighted by Gasteiger charge is -2.26. The number of carbonyl (C=O) groups excluding carboxylic acids is 1. The highest BCUT2D eigenvalue weighted by atomic mass is 35.5. The lowest BCUT2D eigenvalue weighted by atomic mass is 9.89. The number of benzene rings is 1. The van der Waals surface area contributed by atoms with E-state index in [-0.39, 0.29) is 11.8 Å². The Morgan fingerprint density at radius 1 is 1.42 bits per heavy atom. The smallest absolute Gasteiger partial charge is 0.254 e. The van der Waals surface area contributed by atoms with Crippen LogP contribution in [-0.4, -0.2) is 33.4 Å². The summed E-state index contributed by atoms with van der Waals surface area (Å²) in [6, 6.07) is 5.56. The molecule has 1 unspecified atom stereocenters. The Balaban J connectivity index is 1.74. The highest BCUT2D eigenvalue weighted by Gasteiger charge is 2.32. The monoisotopic (exact) mass is 346 g/mol. The molecule has 2 atom stereocenters. The van der Waals surface area contributed by atoms with E-state index in [1.165, 1.54) is 4.68 Å². The zero-order valence-corrected chi connectivity index (χ0v) is 13.9. The molecule has 24 heavy (non-hydrogen) atoms. The molecule has 0 amide bonds. The summed E-state index contributed by atoms with van der Waals surface area (Å²) < 4.78 is 1.46. The summed E-state index contributed by atoms with van der Waals surface area (Å²) in [5.41, 5.74) is 9.47. The van der Waals surface area contributed by atoms with Crippen molar-refractivity contribution < 1.29 is 9.90 Å². The molecule has 1 aromatic carbocycles. The second-order valence-corrected chi connectivity index (χ2v) is 6.89. The van der Waals surface area contributed by atoms with E-state index in [0.29, 0.717) is 36.5 Å². The fraction of sp³-hybridized carbons (Fsp3) is 0.412. The number of nitrogens with zero attached hydrogens (tertiary/aromatic N) is 2. The molecule has 0 bridgehead atoms. The number of rotatable bonds is 1. The van der Waals surface area contributed by atoms with Gasteiger partial charge >= 0.3 is 0 Å². The van der Waals surface area contributed by atoms with Crippen LogP contribution in [0.2, 0.25) is 5.02 Å². The fourth-order valence-electron chi connectivity index (χ4n) is 3.70. The predicted molar refractivity (Wildman–Crippen MR) is 92.6 cm³/mol. The van der Waals surface area contributed by atoms with E-state index in [4.69, 9.17) is 17.3 Å². The molecular formula is C17H19ClN4O2. The Morgan fingerprint density at radius 3 is 3.08 bits per heavy atom. The van der Waals surface area contributed by atoms with Crippen LogP contribution in [0.3, 0.4) is 0 Å². The standard InChI is InChI=1S/C17H19ClN4O2/c18-9-1-3-14-12(7-9)11(5-6-20-14)17(24)22-15-4-2-10(23)8-13(15)16(19)21-22/h1,3,7,10-11,20,23H,2,4-6,8H2,(H2,19,21)/t10-,11?/m0/s1. The zero-order valence-electron chi connectivity index (χ0n) is 13.1. The molecule has 1 aromatic heterocycles. The minimum atomic E-state index is -0.411. The highest BCUT2D eigenvalue weighted by molar-refractivity contribution is 6.30. The molecule has 0 saturated heterocycles. The summed E-state index contributed by atoms with van der Waals surface area (Å²) in [5, 5.41) is 18.0. The first kappa shape index (κ1) is 15.5. The van der Waals surface area contributed by atoms with Crippen molar-refractivity contribution in [2.24, 2.45) is 0 Å². The Hall–Kier alpha value is -2.05. The lowest BCUT2D eigenvalue weighted by Crippen LogP contribution is -2.30. The van der Waals surface area contributed by atoms with Crippen LogP contribution in [0.15, 0.2) is 18.2 Å². The Kier molecular flexibility index (Phi) is 3.73. The van der Waals surface area contributed by atoms with Gasteiger partial charge < -0.3 is 16.2 Å². The third-order valence-electron chi connectivity index (χ3n) is 4.92. The van der Waals surface area contributed by atoms with Gasteiger partial charge in [0.1, 0.15) is 5.82 Å². The molecule has 0 spiro atoms. The van der Waals surface area contributed by atoms with Gasteiger partial charge in [-0.2, -0.15) is 0 Å². The number of nitrogens with two attached hydrogens (primary N) is 1. The van der Waals surface area contributed by atoms with Crippen LogP contribution in [0.4, 0.5) is 11.5 Å². The molecule has 1 aliphatic heterocycles. The molecule has 0 radical (unpaired) electrons. The van der Waals surface area contributed by atoms with Gasteiger partial charge in [0.15, 0.2) is 0 Å². The summed E-state index contributed by atoms with van der Waals surface area (Å²) in [7, 11) is 0. The maximum absolute atomic E-state index is 13.2. The van der Waals surface area contributed by atoms with Gasteiger partial charge in [0.2, 0.25) is 0 Å². The molecule has 2 aliphatic rings. The van der Waals surface area contributed by atoms with E-state index in [1.807, 2.05) is 18.2 Å². The number of hydrogen-bond donors (Lipinski definition) is 3. The van der Waals surface area contributed by atoms with Gasteiger partial charge in [0, 0.05) is 29.2 Å². The van der Waals surface area contributed by atoms with Gasteiger partial charge in [-0.3, -0.25) is 4.79 Å². The van der Waals surface area contributed by atoms with Gasteiger partial charge in [0.05, 0.1) is 17.7 Å². The number of halogens is 1. The van der Waals surface area contributed by atoms with E-state index < -0.39 is 6.10 Å². The second-order valence-electron chi connectivity index (χ2n) is 6.46. The maximum atomic E-state index is 13.2. The van der Waals surface area contributed by atoms with Crippen molar-refractivity contribution in [3.8, 4) is 0 Å². The number of aliphatic hydroxyl groups is 1. The van der Waals surface area contributed by atoms with Gasteiger partial charge in [0.25, 0.3) is 5.91 Å². The summed E-state index contributed by atoms with van der Waals surface area (Å²) in [4.78, 5) is 13.2. The molecular weight excluding hydrogens is 328 g/mol. The number of nitrogens with one attached hydrogen (secondary N) is 1. The minimum absolute atomic E-state index is 0.0793. The van der Waals surface area contributed by atoms with Crippen molar-refractivity contribution in [1.82, 2.24) is 9.78 Å². The van der Waals surface area contributed by atoms with Crippen molar-refractivity contribution in [2.45, 2.75) is 37.7 Å². The zero-order chi connectivity index (χ0) is 16.8. The number of carbonyl (C=O) groups is 1. The van der Waals surface area contributed by atoms with Crippen molar-refractivity contribution in [2.75, 3.05) is 17.6 Å². The maximum Gasteiger partial charge on any atom is 0.254 e. The van der Waals surface area contributed by atoms with E-state index in [0.717, 1.165) is 29.1 Å². The average molecular weight is 347 g/mol. The molecule has 4 N–H and O–H groups in total. The third-order valence-corrected chi connectivity index (χ3v) is 5.15. The van der Waals surface area contributed by atoms with E-state index in [1.54, 1.807) is 0 Å². The number of nitrogen functional groups attached to an aromatic ring is 1. The normalized spacial score (nSPS) is 22.4. The number of aromatic nitrogens is 2. The first-order chi connectivity index (χ1) is 11.5. The Bertz CT molecular complexity index is 817. The molecule has 7 heteroatoms. The number of aliphatic hydroxyl groups excluding tert-OH is 1. The molecule has 0 fully saturated rings. The summed E-state index contributed by atoms with van der Waals surface area (Å²) in [6.45, 7) is 0.725. The quantitative estimate of drug-likeness (QED) is 0.736. The topological polar surface area (TPSA) is 93.2 Å². The largest absolute Gasteiger partial charge is 0.393 e.